The average Bonchev–Trinajstić information content (AvgIpc) is 2.98. The van der Waals surface area contributed by atoms with Crippen molar-refractivity contribution in [1.82, 2.24) is 0 Å². The number of ether oxygens (including phenoxy) is 4. The SMILES string of the molecule is CC1(C)OC[C@H]([C@H]2OC(C)(C)O[C@@H]2CC(=O)c2ccccc2)O1. The highest BCUT2D eigenvalue weighted by atomic mass is 16.8. The molecule has 2 aliphatic heterocycles. The lowest BCUT2D eigenvalue weighted by Gasteiger charge is -2.23. The topological polar surface area (TPSA) is 54.0 Å². The lowest BCUT2D eigenvalue weighted by Crippen LogP contribution is -2.39. The second-order valence-electron chi connectivity index (χ2n) is 7.00. The van der Waals surface area contributed by atoms with Gasteiger partial charge in [0, 0.05) is 12.0 Å². The van der Waals surface area contributed by atoms with Gasteiger partial charge in [-0.05, 0) is 27.7 Å². The van der Waals surface area contributed by atoms with Gasteiger partial charge in [0.1, 0.15) is 12.2 Å². The van der Waals surface area contributed by atoms with Gasteiger partial charge in [-0.2, -0.15) is 0 Å². The van der Waals surface area contributed by atoms with E-state index in [1.807, 2.05) is 58.0 Å². The van der Waals surface area contributed by atoms with Gasteiger partial charge >= 0.3 is 0 Å². The Balaban J connectivity index is 1.72. The Hall–Kier alpha value is -1.27. The Labute approximate surface area is 136 Å². The van der Waals surface area contributed by atoms with Crippen molar-refractivity contribution < 1.29 is 23.7 Å². The van der Waals surface area contributed by atoms with Gasteiger partial charge < -0.3 is 18.9 Å². The summed E-state index contributed by atoms with van der Waals surface area (Å²) in [4.78, 5) is 12.5. The van der Waals surface area contributed by atoms with Gasteiger partial charge in [0.05, 0.1) is 12.7 Å². The Morgan fingerprint density at radius 1 is 1.04 bits per heavy atom. The predicted octanol–water partition coefficient (Wildman–Crippen LogP) is 2.93. The van der Waals surface area contributed by atoms with E-state index in [1.165, 1.54) is 0 Å². The Morgan fingerprint density at radius 3 is 2.35 bits per heavy atom. The molecule has 0 radical (unpaired) electrons. The fraction of sp³-hybridized carbons (Fsp3) is 0.611. The quantitative estimate of drug-likeness (QED) is 0.798. The van der Waals surface area contributed by atoms with Crippen molar-refractivity contribution in [2.75, 3.05) is 6.61 Å². The lowest BCUT2D eigenvalue weighted by molar-refractivity contribution is -0.174. The molecule has 0 saturated carbocycles. The van der Waals surface area contributed by atoms with Crippen molar-refractivity contribution in [2.45, 2.75) is 64.0 Å². The molecule has 3 atom stereocenters. The molecule has 0 bridgehead atoms. The first-order valence-corrected chi connectivity index (χ1v) is 8.01. The summed E-state index contributed by atoms with van der Waals surface area (Å²) in [5.74, 6) is -1.32. The number of benzene rings is 1. The van der Waals surface area contributed by atoms with Crippen molar-refractivity contribution >= 4 is 5.78 Å². The van der Waals surface area contributed by atoms with Gasteiger partial charge in [-0.3, -0.25) is 4.79 Å². The van der Waals surface area contributed by atoms with E-state index in [0.717, 1.165) is 0 Å². The largest absolute Gasteiger partial charge is 0.348 e. The summed E-state index contributed by atoms with van der Waals surface area (Å²) in [5.41, 5.74) is 0.684. The number of carbonyl (C=O) groups is 1. The average molecular weight is 320 g/mol. The molecule has 0 aromatic heterocycles. The summed E-state index contributed by atoms with van der Waals surface area (Å²) in [6.07, 6.45) is -0.640. The zero-order chi connectivity index (χ0) is 16.7. The predicted molar refractivity (Wildman–Crippen MR) is 84.1 cm³/mol. The number of rotatable bonds is 4. The summed E-state index contributed by atoms with van der Waals surface area (Å²) in [6.45, 7) is 7.89. The van der Waals surface area contributed by atoms with Crippen LogP contribution in [0.15, 0.2) is 30.3 Å². The van der Waals surface area contributed by atoms with Gasteiger partial charge in [-0.25, -0.2) is 0 Å². The maximum absolute atomic E-state index is 12.5. The second kappa shape index (κ2) is 5.98. The summed E-state index contributed by atoms with van der Waals surface area (Å²) < 4.78 is 23.5. The molecule has 0 N–H and O–H groups in total. The van der Waals surface area contributed by atoms with Crippen LogP contribution in [-0.2, 0) is 18.9 Å². The zero-order valence-electron chi connectivity index (χ0n) is 14.1. The van der Waals surface area contributed by atoms with E-state index in [-0.39, 0.29) is 30.5 Å². The third-order valence-electron chi connectivity index (χ3n) is 4.10. The summed E-state index contributed by atoms with van der Waals surface area (Å²) in [6, 6.07) is 9.24. The number of carbonyl (C=O) groups excluding carboxylic acids is 1. The summed E-state index contributed by atoms with van der Waals surface area (Å²) in [5, 5.41) is 0. The van der Waals surface area contributed by atoms with Crippen molar-refractivity contribution in [3.63, 3.8) is 0 Å². The lowest BCUT2D eigenvalue weighted by atomic mass is 9.99. The van der Waals surface area contributed by atoms with Gasteiger partial charge in [0.25, 0.3) is 0 Å². The minimum Gasteiger partial charge on any atom is -0.348 e. The monoisotopic (exact) mass is 320 g/mol. The summed E-state index contributed by atoms with van der Waals surface area (Å²) in [7, 11) is 0. The molecule has 0 unspecified atom stereocenters. The number of hydrogen-bond acceptors (Lipinski definition) is 5. The molecule has 3 rings (SSSR count). The summed E-state index contributed by atoms with van der Waals surface area (Å²) >= 11 is 0. The second-order valence-corrected chi connectivity index (χ2v) is 7.00. The van der Waals surface area contributed by atoms with Crippen LogP contribution in [0.5, 0.6) is 0 Å². The van der Waals surface area contributed by atoms with Crippen LogP contribution in [0.25, 0.3) is 0 Å². The molecule has 0 spiro atoms. The molecule has 2 saturated heterocycles. The van der Waals surface area contributed by atoms with Crippen LogP contribution in [0, 0.1) is 0 Å². The molecule has 5 heteroatoms. The molecule has 0 amide bonds. The fourth-order valence-corrected chi connectivity index (χ4v) is 3.14. The van der Waals surface area contributed by atoms with Crippen LogP contribution >= 0.6 is 0 Å². The molecule has 23 heavy (non-hydrogen) atoms. The van der Waals surface area contributed by atoms with Gasteiger partial charge in [-0.1, -0.05) is 30.3 Å². The van der Waals surface area contributed by atoms with Crippen LogP contribution in [0.1, 0.15) is 44.5 Å². The molecule has 2 aliphatic rings. The first kappa shape index (κ1) is 16.6. The van der Waals surface area contributed by atoms with E-state index in [1.54, 1.807) is 0 Å². The van der Waals surface area contributed by atoms with Crippen molar-refractivity contribution in [3.8, 4) is 0 Å². The van der Waals surface area contributed by atoms with E-state index in [2.05, 4.69) is 0 Å². The highest BCUT2D eigenvalue weighted by molar-refractivity contribution is 5.96. The molecule has 2 heterocycles. The molecular weight excluding hydrogens is 296 g/mol. The minimum atomic E-state index is -0.734. The third kappa shape index (κ3) is 3.80. The highest BCUT2D eigenvalue weighted by Crippen LogP contribution is 2.37. The van der Waals surface area contributed by atoms with Crippen LogP contribution in [-0.4, -0.2) is 42.3 Å². The van der Waals surface area contributed by atoms with Crippen LogP contribution in [0.3, 0.4) is 0 Å². The van der Waals surface area contributed by atoms with Crippen LogP contribution in [0.2, 0.25) is 0 Å². The Morgan fingerprint density at radius 2 is 1.74 bits per heavy atom. The fourth-order valence-electron chi connectivity index (χ4n) is 3.14. The molecule has 1 aromatic carbocycles. The third-order valence-corrected chi connectivity index (χ3v) is 4.10. The molecular formula is C18H24O5. The van der Waals surface area contributed by atoms with Gasteiger partial charge in [0.2, 0.25) is 0 Å². The normalized spacial score (nSPS) is 32.1. The van der Waals surface area contributed by atoms with Crippen LogP contribution < -0.4 is 0 Å². The molecule has 5 nitrogen and oxygen atoms in total. The Kier molecular flexibility index (Phi) is 4.31. The first-order chi connectivity index (χ1) is 10.8. The van der Waals surface area contributed by atoms with E-state index in [4.69, 9.17) is 18.9 Å². The number of ketones is 1. The van der Waals surface area contributed by atoms with Crippen molar-refractivity contribution in [3.05, 3.63) is 35.9 Å². The first-order valence-electron chi connectivity index (χ1n) is 8.01. The molecule has 126 valence electrons. The van der Waals surface area contributed by atoms with Crippen LogP contribution in [0.4, 0.5) is 0 Å². The van der Waals surface area contributed by atoms with Crippen molar-refractivity contribution in [2.24, 2.45) is 0 Å². The minimum absolute atomic E-state index is 0.0417. The highest BCUT2D eigenvalue weighted by Gasteiger charge is 2.50. The standard InChI is InChI=1S/C18H24O5/c1-17(2)20-11-15(22-17)16-14(21-18(3,4)23-16)10-13(19)12-8-6-5-7-9-12/h5-9,14-16H,10-11H2,1-4H3/t14-,15-,16+/m1/s1. The van der Waals surface area contributed by atoms with E-state index in [0.29, 0.717) is 12.2 Å². The maximum atomic E-state index is 12.5. The smallest absolute Gasteiger partial charge is 0.165 e. The van der Waals surface area contributed by atoms with Gasteiger partial charge in [0.15, 0.2) is 17.4 Å². The van der Waals surface area contributed by atoms with E-state index >= 15 is 0 Å². The zero-order valence-corrected chi connectivity index (χ0v) is 14.1. The van der Waals surface area contributed by atoms with E-state index in [9.17, 15) is 4.79 Å². The Bertz CT molecular complexity index is 566. The maximum Gasteiger partial charge on any atom is 0.165 e. The van der Waals surface area contributed by atoms with E-state index < -0.39 is 11.6 Å². The molecule has 0 aliphatic carbocycles. The molecule has 1 aromatic rings. The number of Topliss-reactive ketones (excluding diaryl/α,β-unsaturated/α-hetero) is 1. The van der Waals surface area contributed by atoms with Gasteiger partial charge in [-0.15, -0.1) is 0 Å². The molecule has 2 fully saturated rings. The number of hydrogen-bond donors (Lipinski definition) is 0. The van der Waals surface area contributed by atoms with Crippen molar-refractivity contribution in [1.29, 1.82) is 0 Å².